The Morgan fingerprint density at radius 2 is 1.84 bits per heavy atom. The molecule has 0 aliphatic heterocycles. The van der Waals surface area contributed by atoms with Crippen LogP contribution in [0.15, 0.2) is 60.9 Å². The molecule has 2 aromatic rings. The molecule has 3 rings (SSSR count). The van der Waals surface area contributed by atoms with Gasteiger partial charge in [0.15, 0.2) is 0 Å². The highest BCUT2D eigenvalue weighted by Gasteiger charge is 2.23. The Labute approximate surface area is 231 Å². The maximum Gasteiger partial charge on any atom is 0.223 e. The Bertz CT molecular complexity index is 976. The molecule has 37 heavy (non-hydrogen) atoms. The van der Waals surface area contributed by atoms with Gasteiger partial charge in [-0.1, -0.05) is 95.3 Å². The summed E-state index contributed by atoms with van der Waals surface area (Å²) in [6.45, 7) is 23.3. The van der Waals surface area contributed by atoms with Crippen LogP contribution in [-0.4, -0.2) is 22.6 Å². The molecule has 0 spiro atoms. The Hall–Kier alpha value is -2.53. The molecular formula is C32H49N3OS. The monoisotopic (exact) mass is 523 g/mol. The normalized spacial score (nSPS) is 12.9. The number of rotatable bonds is 13. The molecule has 204 valence electrons. The van der Waals surface area contributed by atoms with Gasteiger partial charge in [0.05, 0.1) is 18.6 Å². The van der Waals surface area contributed by atoms with Gasteiger partial charge in [-0.05, 0) is 74.5 Å². The van der Waals surface area contributed by atoms with Crippen LogP contribution < -0.4 is 5.32 Å². The Kier molecular flexibility index (Phi) is 16.4. The molecule has 0 unspecified atom stereocenters. The molecule has 0 amide bonds. The SMILES string of the molecule is C=C(S/C(=C(\C)c1cccc(C)c1)c1ccnc(NC2CC2)n1)C(CCC)CCC.C=COCC.CC. The third kappa shape index (κ3) is 12.0. The van der Waals surface area contributed by atoms with E-state index in [0.717, 1.165) is 18.2 Å². The van der Waals surface area contributed by atoms with E-state index in [4.69, 9.17) is 4.98 Å². The molecule has 1 aliphatic rings. The number of hydrogen-bond donors (Lipinski definition) is 1. The number of aryl methyl sites for hydroxylation is 1. The van der Waals surface area contributed by atoms with Crippen LogP contribution >= 0.6 is 11.8 Å². The molecule has 0 bridgehead atoms. The maximum absolute atomic E-state index is 4.88. The first-order valence-electron chi connectivity index (χ1n) is 13.9. The lowest BCUT2D eigenvalue weighted by Gasteiger charge is -2.21. The van der Waals surface area contributed by atoms with Gasteiger partial charge in [-0.3, -0.25) is 0 Å². The van der Waals surface area contributed by atoms with Gasteiger partial charge in [0.1, 0.15) is 0 Å². The number of anilines is 1. The fourth-order valence-electron chi connectivity index (χ4n) is 3.79. The molecule has 1 saturated carbocycles. The average molecular weight is 524 g/mol. The van der Waals surface area contributed by atoms with Crippen LogP contribution in [-0.2, 0) is 4.74 Å². The summed E-state index contributed by atoms with van der Waals surface area (Å²) in [5.74, 6) is 1.27. The van der Waals surface area contributed by atoms with Gasteiger partial charge in [-0.2, -0.15) is 0 Å². The molecule has 5 heteroatoms. The van der Waals surface area contributed by atoms with E-state index >= 15 is 0 Å². The van der Waals surface area contributed by atoms with Gasteiger partial charge >= 0.3 is 0 Å². The van der Waals surface area contributed by atoms with Crippen LogP contribution in [0.1, 0.15) is 96.9 Å². The summed E-state index contributed by atoms with van der Waals surface area (Å²) in [5.41, 5.74) is 4.73. The molecule has 1 fully saturated rings. The van der Waals surface area contributed by atoms with E-state index in [-0.39, 0.29) is 0 Å². The number of benzene rings is 1. The van der Waals surface area contributed by atoms with Crippen molar-refractivity contribution in [3.8, 4) is 0 Å². The predicted octanol–water partition coefficient (Wildman–Crippen LogP) is 9.90. The van der Waals surface area contributed by atoms with Crippen molar-refractivity contribution in [2.45, 2.75) is 93.0 Å². The average Bonchev–Trinajstić information content (AvgIpc) is 3.73. The Morgan fingerprint density at radius 1 is 1.16 bits per heavy atom. The van der Waals surface area contributed by atoms with Crippen LogP contribution in [0.4, 0.5) is 5.95 Å². The number of thioether (sulfide) groups is 1. The molecule has 0 radical (unpaired) electrons. The van der Waals surface area contributed by atoms with Crippen LogP contribution in [0.5, 0.6) is 0 Å². The summed E-state index contributed by atoms with van der Waals surface area (Å²) in [5, 5.41) is 3.44. The first kappa shape index (κ1) is 32.5. The molecular weight excluding hydrogens is 474 g/mol. The molecule has 1 aliphatic carbocycles. The minimum Gasteiger partial charge on any atom is -0.502 e. The zero-order valence-corrected chi connectivity index (χ0v) is 25.1. The fourth-order valence-corrected chi connectivity index (χ4v) is 4.94. The molecule has 1 N–H and O–H groups in total. The summed E-state index contributed by atoms with van der Waals surface area (Å²) in [7, 11) is 0. The second-order valence-electron chi connectivity index (χ2n) is 8.97. The second-order valence-corrected chi connectivity index (χ2v) is 10.1. The summed E-state index contributed by atoms with van der Waals surface area (Å²) >= 11 is 1.80. The number of allylic oxidation sites excluding steroid dienone is 2. The zero-order chi connectivity index (χ0) is 27.6. The fraction of sp³-hybridized carbons (Fsp3) is 0.500. The largest absolute Gasteiger partial charge is 0.502 e. The Morgan fingerprint density at radius 3 is 2.35 bits per heavy atom. The molecule has 0 atom stereocenters. The lowest BCUT2D eigenvalue weighted by Crippen LogP contribution is -2.07. The van der Waals surface area contributed by atoms with E-state index in [1.807, 2.05) is 33.0 Å². The highest BCUT2D eigenvalue weighted by Crippen LogP contribution is 2.43. The van der Waals surface area contributed by atoms with E-state index in [1.54, 1.807) is 11.8 Å². The number of aromatic nitrogens is 2. The Balaban J connectivity index is 0.000000874. The lowest BCUT2D eigenvalue weighted by atomic mass is 9.98. The summed E-state index contributed by atoms with van der Waals surface area (Å²) in [6, 6.07) is 11.3. The molecule has 4 nitrogen and oxygen atoms in total. The van der Waals surface area contributed by atoms with Crippen molar-refractivity contribution in [2.24, 2.45) is 5.92 Å². The van der Waals surface area contributed by atoms with E-state index in [0.29, 0.717) is 12.0 Å². The maximum atomic E-state index is 4.88. The number of hydrogen-bond acceptors (Lipinski definition) is 5. The van der Waals surface area contributed by atoms with Crippen molar-refractivity contribution in [1.82, 2.24) is 9.97 Å². The molecule has 1 aromatic heterocycles. The van der Waals surface area contributed by atoms with Crippen molar-refractivity contribution >= 4 is 28.2 Å². The minimum atomic E-state index is 0.534. The standard InChI is InChI=1S/C26H35N3S.C4H8O.C2H6/c1-6-9-21(10-7-2)20(5)30-25(19(4)22-12-8-11-18(3)17-22)24-15-16-27-26(29-24)28-23-13-14-23;1-3-5-4-2;1-2/h8,11-12,15-17,21,23H,5-7,9-10,13-14H2,1-4H3,(H,27,28,29);3H,1,4H2,2H3;1-2H3/b25-19+;;. The third-order valence-corrected chi connectivity index (χ3v) is 7.15. The summed E-state index contributed by atoms with van der Waals surface area (Å²) < 4.78 is 4.60. The molecule has 1 heterocycles. The van der Waals surface area contributed by atoms with Gasteiger partial charge in [0.25, 0.3) is 0 Å². The van der Waals surface area contributed by atoms with Crippen molar-refractivity contribution < 1.29 is 4.74 Å². The van der Waals surface area contributed by atoms with Gasteiger partial charge in [-0.25, -0.2) is 9.97 Å². The van der Waals surface area contributed by atoms with Gasteiger partial charge in [0.2, 0.25) is 5.95 Å². The second kappa shape index (κ2) is 18.7. The van der Waals surface area contributed by atoms with Gasteiger partial charge in [0, 0.05) is 17.1 Å². The minimum absolute atomic E-state index is 0.534. The highest BCUT2D eigenvalue weighted by molar-refractivity contribution is 8.12. The van der Waals surface area contributed by atoms with Crippen LogP contribution in [0.3, 0.4) is 0 Å². The quantitative estimate of drug-likeness (QED) is 0.265. The highest BCUT2D eigenvalue weighted by atomic mass is 32.2. The number of ether oxygens (including phenoxy) is 1. The summed E-state index contributed by atoms with van der Waals surface area (Å²) in [4.78, 5) is 11.8. The van der Waals surface area contributed by atoms with Crippen LogP contribution in [0.2, 0.25) is 0 Å². The third-order valence-electron chi connectivity index (χ3n) is 5.84. The van der Waals surface area contributed by atoms with Crippen LogP contribution in [0.25, 0.3) is 10.5 Å². The smallest absolute Gasteiger partial charge is 0.223 e. The van der Waals surface area contributed by atoms with E-state index in [9.17, 15) is 0 Å². The van der Waals surface area contributed by atoms with Gasteiger partial charge in [-0.15, -0.1) is 0 Å². The van der Waals surface area contributed by atoms with E-state index in [1.165, 1.54) is 71.3 Å². The molecule has 1 aromatic carbocycles. The predicted molar refractivity (Wildman–Crippen MR) is 166 cm³/mol. The zero-order valence-electron chi connectivity index (χ0n) is 24.3. The first-order chi connectivity index (χ1) is 17.9. The van der Waals surface area contributed by atoms with Gasteiger partial charge < -0.3 is 10.1 Å². The number of nitrogens with one attached hydrogen (secondary N) is 1. The van der Waals surface area contributed by atoms with Crippen molar-refractivity contribution in [3.63, 3.8) is 0 Å². The van der Waals surface area contributed by atoms with Crippen molar-refractivity contribution in [2.75, 3.05) is 11.9 Å². The van der Waals surface area contributed by atoms with Crippen molar-refractivity contribution in [1.29, 1.82) is 0 Å². The summed E-state index contributed by atoms with van der Waals surface area (Å²) in [6.07, 6.45) is 10.5. The number of nitrogens with zero attached hydrogens (tertiary/aromatic N) is 2. The van der Waals surface area contributed by atoms with Crippen molar-refractivity contribution in [3.05, 3.63) is 77.7 Å². The molecule has 0 saturated heterocycles. The van der Waals surface area contributed by atoms with Crippen LogP contribution in [0, 0.1) is 12.8 Å². The lowest BCUT2D eigenvalue weighted by molar-refractivity contribution is 0.270. The van der Waals surface area contributed by atoms with E-state index in [2.05, 4.69) is 80.2 Å². The first-order valence-corrected chi connectivity index (χ1v) is 14.7. The topological polar surface area (TPSA) is 47.0 Å². The van der Waals surface area contributed by atoms with E-state index < -0.39 is 0 Å².